The molecule has 1 saturated carbocycles. The predicted octanol–water partition coefficient (Wildman–Crippen LogP) is 3.35. The molecule has 19 heavy (non-hydrogen) atoms. The van der Waals surface area contributed by atoms with Gasteiger partial charge in [-0.25, -0.2) is 0 Å². The summed E-state index contributed by atoms with van der Waals surface area (Å²) >= 11 is 0. The summed E-state index contributed by atoms with van der Waals surface area (Å²) < 4.78 is 5.99. The molecule has 0 aliphatic heterocycles. The highest BCUT2D eigenvalue weighted by atomic mass is 16.5. The molecular formula is C15H21N3O. The number of hydrogen-bond acceptors (Lipinski definition) is 3. The monoisotopic (exact) mass is 259 g/mol. The number of anilines is 1. The van der Waals surface area contributed by atoms with Gasteiger partial charge in [0.1, 0.15) is 6.10 Å². The van der Waals surface area contributed by atoms with Crippen LogP contribution in [0.4, 0.5) is 5.69 Å². The van der Waals surface area contributed by atoms with E-state index in [0.29, 0.717) is 6.01 Å². The fraction of sp³-hybridized carbons (Fsp3) is 0.533. The number of H-pyrrole nitrogens is 1. The molecule has 0 amide bonds. The van der Waals surface area contributed by atoms with Gasteiger partial charge in [0.25, 0.3) is 6.01 Å². The molecule has 1 heterocycles. The van der Waals surface area contributed by atoms with Gasteiger partial charge in [-0.15, -0.1) is 0 Å². The van der Waals surface area contributed by atoms with E-state index in [1.54, 1.807) is 0 Å². The number of aromatic amines is 1. The molecule has 0 saturated heterocycles. The molecule has 0 radical (unpaired) electrons. The zero-order chi connectivity index (χ0) is 13.4. The van der Waals surface area contributed by atoms with Crippen LogP contribution < -0.4 is 10.5 Å². The van der Waals surface area contributed by atoms with Crippen molar-refractivity contribution in [3.63, 3.8) is 0 Å². The molecule has 3 atom stereocenters. The molecule has 1 aliphatic carbocycles. The molecule has 1 aromatic heterocycles. The maximum Gasteiger partial charge on any atom is 0.294 e. The number of aromatic nitrogens is 2. The summed E-state index contributed by atoms with van der Waals surface area (Å²) in [6.07, 6.45) is 3.74. The summed E-state index contributed by atoms with van der Waals surface area (Å²) in [6, 6.07) is 6.28. The van der Waals surface area contributed by atoms with Crippen molar-refractivity contribution in [1.29, 1.82) is 0 Å². The standard InChI is InChI=1S/C15H21N3O/c1-9-3-5-12(7-10(9)2)19-15-17-13-6-4-11(16)8-14(13)18-15/h4,6,8-10,12H,3,5,7,16H2,1-2H3,(H,17,18). The van der Waals surface area contributed by atoms with Crippen LogP contribution in [0, 0.1) is 11.8 Å². The van der Waals surface area contributed by atoms with Crippen molar-refractivity contribution in [3.05, 3.63) is 18.2 Å². The second-order valence-corrected chi connectivity index (χ2v) is 5.83. The van der Waals surface area contributed by atoms with Gasteiger partial charge in [0, 0.05) is 5.69 Å². The van der Waals surface area contributed by atoms with Crippen molar-refractivity contribution in [1.82, 2.24) is 9.97 Å². The normalized spacial score (nSPS) is 27.6. The van der Waals surface area contributed by atoms with Crippen LogP contribution >= 0.6 is 0 Å². The fourth-order valence-electron chi connectivity index (χ4n) is 2.82. The lowest BCUT2D eigenvalue weighted by Crippen LogP contribution is -2.29. The van der Waals surface area contributed by atoms with Crippen molar-refractivity contribution < 1.29 is 4.74 Å². The summed E-state index contributed by atoms with van der Waals surface area (Å²) in [5, 5.41) is 0. The first-order valence-corrected chi connectivity index (χ1v) is 7.03. The van der Waals surface area contributed by atoms with Crippen molar-refractivity contribution in [3.8, 4) is 6.01 Å². The molecule has 3 unspecified atom stereocenters. The molecule has 1 fully saturated rings. The summed E-state index contributed by atoms with van der Waals surface area (Å²) in [6.45, 7) is 4.63. The highest BCUT2D eigenvalue weighted by molar-refractivity contribution is 5.79. The van der Waals surface area contributed by atoms with Crippen LogP contribution in [0.25, 0.3) is 11.0 Å². The van der Waals surface area contributed by atoms with Crippen LogP contribution in [0.5, 0.6) is 6.01 Å². The lowest BCUT2D eigenvalue weighted by molar-refractivity contribution is 0.0931. The quantitative estimate of drug-likeness (QED) is 0.813. The van der Waals surface area contributed by atoms with Crippen molar-refractivity contribution in [2.45, 2.75) is 39.2 Å². The lowest BCUT2D eigenvalue weighted by Gasteiger charge is -2.31. The predicted molar refractivity (Wildman–Crippen MR) is 77.1 cm³/mol. The van der Waals surface area contributed by atoms with E-state index in [0.717, 1.165) is 41.4 Å². The number of hydrogen-bond donors (Lipinski definition) is 2. The first kappa shape index (κ1) is 12.3. The van der Waals surface area contributed by atoms with Crippen molar-refractivity contribution in [2.24, 2.45) is 11.8 Å². The van der Waals surface area contributed by atoms with E-state index in [9.17, 15) is 0 Å². The molecule has 1 aromatic carbocycles. The molecule has 4 nitrogen and oxygen atoms in total. The maximum absolute atomic E-state index is 5.99. The van der Waals surface area contributed by atoms with Crippen LogP contribution in [0.15, 0.2) is 18.2 Å². The highest BCUT2D eigenvalue weighted by Gasteiger charge is 2.26. The van der Waals surface area contributed by atoms with Gasteiger partial charge in [-0.3, -0.25) is 0 Å². The highest BCUT2D eigenvalue weighted by Crippen LogP contribution is 2.31. The SMILES string of the molecule is CC1CCC(Oc2nc3ccc(N)cc3[nH]2)CC1C. The Labute approximate surface area is 113 Å². The maximum atomic E-state index is 5.99. The van der Waals surface area contributed by atoms with Gasteiger partial charge in [-0.1, -0.05) is 13.8 Å². The van der Waals surface area contributed by atoms with E-state index >= 15 is 0 Å². The summed E-state index contributed by atoms with van der Waals surface area (Å²) in [7, 11) is 0. The average Bonchev–Trinajstić information content (AvgIpc) is 2.75. The average molecular weight is 259 g/mol. The van der Waals surface area contributed by atoms with Crippen LogP contribution in [0.2, 0.25) is 0 Å². The molecule has 3 rings (SSSR count). The third-order valence-electron chi connectivity index (χ3n) is 4.31. The molecule has 2 aromatic rings. The fourth-order valence-corrected chi connectivity index (χ4v) is 2.82. The zero-order valence-electron chi connectivity index (χ0n) is 11.5. The molecule has 0 spiro atoms. The first-order valence-electron chi connectivity index (χ1n) is 7.03. The minimum atomic E-state index is 0.282. The molecule has 1 aliphatic rings. The largest absolute Gasteiger partial charge is 0.461 e. The molecule has 4 heteroatoms. The second-order valence-electron chi connectivity index (χ2n) is 5.83. The van der Waals surface area contributed by atoms with Gasteiger partial charge in [0.15, 0.2) is 0 Å². The first-order chi connectivity index (χ1) is 9.11. The van der Waals surface area contributed by atoms with Gasteiger partial charge in [0.2, 0.25) is 0 Å². The minimum Gasteiger partial charge on any atom is -0.461 e. The molecule has 3 N–H and O–H groups in total. The molecule has 0 bridgehead atoms. The summed E-state index contributed by atoms with van der Waals surface area (Å²) in [5.41, 5.74) is 8.34. The second kappa shape index (κ2) is 4.76. The van der Waals surface area contributed by atoms with Crippen molar-refractivity contribution >= 4 is 16.7 Å². The van der Waals surface area contributed by atoms with E-state index in [4.69, 9.17) is 10.5 Å². The Morgan fingerprint density at radius 1 is 1.26 bits per heavy atom. The third-order valence-corrected chi connectivity index (χ3v) is 4.31. The number of nitrogens with one attached hydrogen (secondary N) is 1. The van der Waals surface area contributed by atoms with Gasteiger partial charge in [0.05, 0.1) is 11.0 Å². The zero-order valence-corrected chi connectivity index (χ0v) is 11.5. The number of ether oxygens (including phenoxy) is 1. The number of nitrogen functional groups attached to an aromatic ring is 1. The van der Waals surface area contributed by atoms with Crippen LogP contribution in [-0.2, 0) is 0 Å². The Morgan fingerprint density at radius 3 is 2.89 bits per heavy atom. The van der Waals surface area contributed by atoms with Gasteiger partial charge in [-0.2, -0.15) is 4.98 Å². The van der Waals surface area contributed by atoms with E-state index in [1.807, 2.05) is 18.2 Å². The van der Waals surface area contributed by atoms with E-state index < -0.39 is 0 Å². The number of rotatable bonds is 2. The Bertz CT molecular complexity index is 578. The van der Waals surface area contributed by atoms with E-state index in [1.165, 1.54) is 6.42 Å². The summed E-state index contributed by atoms with van der Waals surface area (Å²) in [4.78, 5) is 7.66. The Kier molecular flexibility index (Phi) is 3.09. The van der Waals surface area contributed by atoms with Gasteiger partial charge < -0.3 is 15.5 Å². The molecular weight excluding hydrogens is 238 g/mol. The Hall–Kier alpha value is -1.71. The van der Waals surface area contributed by atoms with Crippen LogP contribution in [0.3, 0.4) is 0 Å². The van der Waals surface area contributed by atoms with Gasteiger partial charge in [-0.05, 0) is 49.3 Å². The van der Waals surface area contributed by atoms with Crippen LogP contribution in [0.1, 0.15) is 33.1 Å². The molecule has 102 valence electrons. The Balaban J connectivity index is 1.74. The smallest absolute Gasteiger partial charge is 0.294 e. The van der Waals surface area contributed by atoms with Crippen LogP contribution in [-0.4, -0.2) is 16.1 Å². The number of nitrogens with zero attached hydrogens (tertiary/aromatic N) is 1. The van der Waals surface area contributed by atoms with E-state index in [-0.39, 0.29) is 6.10 Å². The number of nitrogens with two attached hydrogens (primary N) is 1. The van der Waals surface area contributed by atoms with Crippen molar-refractivity contribution in [2.75, 3.05) is 5.73 Å². The number of imidazole rings is 1. The third kappa shape index (κ3) is 2.53. The lowest BCUT2D eigenvalue weighted by atomic mass is 9.80. The Morgan fingerprint density at radius 2 is 2.11 bits per heavy atom. The van der Waals surface area contributed by atoms with Gasteiger partial charge >= 0.3 is 0 Å². The minimum absolute atomic E-state index is 0.282. The number of fused-ring (bicyclic) bond motifs is 1. The topological polar surface area (TPSA) is 63.9 Å². The number of benzene rings is 1. The summed E-state index contributed by atoms with van der Waals surface area (Å²) in [5.74, 6) is 1.52. The van der Waals surface area contributed by atoms with E-state index in [2.05, 4.69) is 23.8 Å².